The number of ether oxygens (including phenoxy) is 1. The zero-order valence-corrected chi connectivity index (χ0v) is 15.2. The summed E-state index contributed by atoms with van der Waals surface area (Å²) in [7, 11) is 0. The van der Waals surface area contributed by atoms with Crippen molar-refractivity contribution in [2.24, 2.45) is 0 Å². The number of carbonyl (C=O) groups is 2. The molecule has 1 aromatic rings. The zero-order valence-electron chi connectivity index (χ0n) is 15.2. The van der Waals surface area contributed by atoms with Gasteiger partial charge in [-0.2, -0.15) is 18.3 Å². The van der Waals surface area contributed by atoms with Crippen LogP contribution in [0, 0.1) is 0 Å². The van der Waals surface area contributed by atoms with Crippen LogP contribution in [0.5, 0.6) is 0 Å². The molecule has 1 saturated carbocycles. The Morgan fingerprint density at radius 1 is 1.19 bits per heavy atom. The van der Waals surface area contributed by atoms with Gasteiger partial charge in [-0.05, 0) is 25.8 Å². The molecule has 0 bridgehead atoms. The Morgan fingerprint density at radius 3 is 2.37 bits per heavy atom. The molecule has 0 aromatic carbocycles. The van der Waals surface area contributed by atoms with Gasteiger partial charge >= 0.3 is 12.3 Å². The summed E-state index contributed by atoms with van der Waals surface area (Å²) in [5.41, 5.74) is -0.345. The van der Waals surface area contributed by atoms with Crippen LogP contribution in [-0.2, 0) is 22.3 Å². The van der Waals surface area contributed by atoms with Crippen LogP contribution >= 0.6 is 0 Å². The highest BCUT2D eigenvalue weighted by molar-refractivity contribution is 5.76. The first-order chi connectivity index (χ1) is 12.8. The van der Waals surface area contributed by atoms with Gasteiger partial charge in [0.05, 0.1) is 6.61 Å². The van der Waals surface area contributed by atoms with Crippen LogP contribution in [0.2, 0.25) is 0 Å². The first kappa shape index (κ1) is 19.5. The van der Waals surface area contributed by atoms with Gasteiger partial charge in [0.15, 0.2) is 5.69 Å². The van der Waals surface area contributed by atoms with Crippen LogP contribution in [0.1, 0.15) is 43.5 Å². The van der Waals surface area contributed by atoms with E-state index in [9.17, 15) is 22.8 Å². The van der Waals surface area contributed by atoms with E-state index >= 15 is 0 Å². The van der Waals surface area contributed by atoms with Crippen LogP contribution in [0.4, 0.5) is 18.0 Å². The number of nitrogens with zero attached hydrogens (tertiary/aromatic N) is 4. The van der Waals surface area contributed by atoms with Crippen LogP contribution in [0.25, 0.3) is 0 Å². The minimum Gasteiger partial charge on any atom is -0.450 e. The summed E-state index contributed by atoms with van der Waals surface area (Å²) in [4.78, 5) is 27.2. The average Bonchev–Trinajstić information content (AvgIpc) is 3.38. The summed E-state index contributed by atoms with van der Waals surface area (Å²) in [6.45, 7) is 3.70. The molecule has 1 aromatic heterocycles. The molecule has 2 heterocycles. The van der Waals surface area contributed by atoms with Crippen LogP contribution < -0.4 is 0 Å². The summed E-state index contributed by atoms with van der Waals surface area (Å²) in [5.74, 6) is -0.0406. The van der Waals surface area contributed by atoms with E-state index in [1.54, 1.807) is 16.7 Å². The van der Waals surface area contributed by atoms with Gasteiger partial charge < -0.3 is 14.5 Å². The van der Waals surface area contributed by atoms with Gasteiger partial charge in [-0.3, -0.25) is 9.48 Å². The average molecular weight is 388 g/mol. The molecular weight excluding hydrogens is 365 g/mol. The third-order valence-electron chi connectivity index (χ3n) is 4.79. The Balaban J connectivity index is 1.54. The maximum Gasteiger partial charge on any atom is 0.435 e. The van der Waals surface area contributed by atoms with Gasteiger partial charge in [0.1, 0.15) is 0 Å². The summed E-state index contributed by atoms with van der Waals surface area (Å²) in [5, 5.41) is 3.67. The minimum atomic E-state index is -4.48. The summed E-state index contributed by atoms with van der Waals surface area (Å²) < 4.78 is 45.0. The number of aromatic nitrogens is 2. The molecule has 1 saturated heterocycles. The maximum absolute atomic E-state index is 12.9. The van der Waals surface area contributed by atoms with Gasteiger partial charge in [-0.1, -0.05) is 0 Å². The predicted molar refractivity (Wildman–Crippen MR) is 89.0 cm³/mol. The summed E-state index contributed by atoms with van der Waals surface area (Å²) >= 11 is 0. The van der Waals surface area contributed by atoms with Crippen molar-refractivity contribution >= 4 is 12.0 Å². The van der Waals surface area contributed by atoms with Gasteiger partial charge in [-0.15, -0.1) is 0 Å². The molecule has 2 aliphatic rings. The Labute approximate surface area is 155 Å². The lowest BCUT2D eigenvalue weighted by Gasteiger charge is -2.34. The second kappa shape index (κ2) is 7.77. The van der Waals surface area contributed by atoms with E-state index in [1.807, 2.05) is 0 Å². The Kier molecular flexibility index (Phi) is 5.61. The maximum atomic E-state index is 12.9. The quantitative estimate of drug-likeness (QED) is 0.777. The van der Waals surface area contributed by atoms with Crippen molar-refractivity contribution in [3.05, 3.63) is 17.5 Å². The van der Waals surface area contributed by atoms with Crippen molar-refractivity contribution in [3.8, 4) is 0 Å². The highest BCUT2D eigenvalue weighted by atomic mass is 19.4. The monoisotopic (exact) mass is 388 g/mol. The molecule has 7 nitrogen and oxygen atoms in total. The number of amides is 2. The lowest BCUT2D eigenvalue weighted by Crippen LogP contribution is -2.50. The van der Waals surface area contributed by atoms with E-state index in [0.29, 0.717) is 38.5 Å². The molecule has 0 radical (unpaired) electrons. The second-order valence-corrected chi connectivity index (χ2v) is 6.77. The number of piperazine rings is 1. The highest BCUT2D eigenvalue weighted by Gasteiger charge is 2.38. The van der Waals surface area contributed by atoms with Crippen molar-refractivity contribution in [2.45, 2.75) is 44.8 Å². The third-order valence-corrected chi connectivity index (χ3v) is 4.79. The number of aryl methyl sites for hydroxylation is 1. The fourth-order valence-electron chi connectivity index (χ4n) is 3.17. The van der Waals surface area contributed by atoms with Crippen molar-refractivity contribution in [3.63, 3.8) is 0 Å². The third kappa shape index (κ3) is 4.72. The van der Waals surface area contributed by atoms with Crippen molar-refractivity contribution in [2.75, 3.05) is 32.8 Å². The van der Waals surface area contributed by atoms with Crippen molar-refractivity contribution < 1.29 is 27.5 Å². The number of hydrogen-bond donors (Lipinski definition) is 0. The molecule has 10 heteroatoms. The van der Waals surface area contributed by atoms with E-state index in [2.05, 4.69) is 5.10 Å². The topological polar surface area (TPSA) is 67.7 Å². The Hall–Kier alpha value is -2.26. The smallest absolute Gasteiger partial charge is 0.435 e. The molecule has 3 rings (SSSR count). The molecule has 0 N–H and O–H groups in total. The van der Waals surface area contributed by atoms with E-state index < -0.39 is 18.0 Å². The summed E-state index contributed by atoms with van der Waals surface area (Å²) in [6.07, 6.45) is -3.09. The first-order valence-corrected chi connectivity index (χ1v) is 9.14. The lowest BCUT2D eigenvalue weighted by molar-refractivity contribution is -0.141. The van der Waals surface area contributed by atoms with Gasteiger partial charge in [-0.25, -0.2) is 4.79 Å². The molecule has 2 amide bonds. The van der Waals surface area contributed by atoms with Crippen LogP contribution in [-0.4, -0.2) is 64.4 Å². The molecule has 1 aliphatic carbocycles. The Bertz CT molecular complexity index is 692. The molecule has 2 fully saturated rings. The molecule has 0 atom stereocenters. The van der Waals surface area contributed by atoms with Crippen molar-refractivity contribution in [1.29, 1.82) is 0 Å². The van der Waals surface area contributed by atoms with Gasteiger partial charge in [0.2, 0.25) is 5.91 Å². The standard InChI is InChI=1S/C17H23F3N4O3/c1-2-27-16(26)23-9-7-22(8-10-23)15(25)5-6-24-13(12-3-4-12)11-14(21-24)17(18,19)20/h11-12H,2-10H2,1H3. The van der Waals surface area contributed by atoms with Gasteiger partial charge in [0, 0.05) is 50.8 Å². The first-order valence-electron chi connectivity index (χ1n) is 9.14. The Morgan fingerprint density at radius 2 is 1.81 bits per heavy atom. The normalized spacial score (nSPS) is 17.9. The fraction of sp³-hybridized carbons (Fsp3) is 0.706. The predicted octanol–water partition coefficient (Wildman–Crippen LogP) is 2.47. The van der Waals surface area contributed by atoms with E-state index in [-0.39, 0.29) is 24.8 Å². The number of alkyl halides is 3. The number of carbonyl (C=O) groups excluding carboxylic acids is 2. The number of hydrogen-bond acceptors (Lipinski definition) is 4. The SMILES string of the molecule is CCOC(=O)N1CCN(C(=O)CCn2nc(C(F)(F)F)cc2C2CC2)CC1. The molecule has 27 heavy (non-hydrogen) atoms. The molecular formula is C17H23F3N4O3. The van der Waals surface area contributed by atoms with Gasteiger partial charge in [0.25, 0.3) is 0 Å². The van der Waals surface area contributed by atoms with Crippen LogP contribution in [0.3, 0.4) is 0 Å². The number of rotatable bonds is 5. The van der Waals surface area contributed by atoms with Crippen molar-refractivity contribution in [1.82, 2.24) is 19.6 Å². The highest BCUT2D eigenvalue weighted by Crippen LogP contribution is 2.42. The van der Waals surface area contributed by atoms with E-state index in [1.165, 1.54) is 4.68 Å². The molecule has 0 unspecified atom stereocenters. The second-order valence-electron chi connectivity index (χ2n) is 6.77. The molecule has 0 spiro atoms. The zero-order chi connectivity index (χ0) is 19.6. The van der Waals surface area contributed by atoms with E-state index in [4.69, 9.17) is 4.74 Å². The van der Waals surface area contributed by atoms with E-state index in [0.717, 1.165) is 18.9 Å². The number of halogens is 3. The minimum absolute atomic E-state index is 0.0815. The fourth-order valence-corrected chi connectivity index (χ4v) is 3.17. The lowest BCUT2D eigenvalue weighted by atomic mass is 10.2. The molecule has 1 aliphatic heterocycles. The molecule has 150 valence electrons. The largest absolute Gasteiger partial charge is 0.450 e. The van der Waals surface area contributed by atoms with Crippen LogP contribution in [0.15, 0.2) is 6.07 Å². The summed E-state index contributed by atoms with van der Waals surface area (Å²) in [6, 6.07) is 1.10.